The Bertz CT molecular complexity index is 724. The Balaban J connectivity index is 1.41. The van der Waals surface area contributed by atoms with Crippen LogP contribution in [0, 0.1) is 0 Å². The van der Waals surface area contributed by atoms with Gasteiger partial charge in [-0.25, -0.2) is 4.79 Å². The SMILES string of the molecule is O=C(NC1CCN(C(=O)c2ccc(Br)o2)CC1)OCc1ccccc1. The average Bonchev–Trinajstić information content (AvgIpc) is 3.07. The Hall–Kier alpha value is -2.28. The molecule has 2 aromatic rings. The summed E-state index contributed by atoms with van der Waals surface area (Å²) in [7, 11) is 0. The van der Waals surface area contributed by atoms with E-state index in [0.29, 0.717) is 36.4 Å². The van der Waals surface area contributed by atoms with Gasteiger partial charge in [0.15, 0.2) is 10.4 Å². The summed E-state index contributed by atoms with van der Waals surface area (Å²) in [5, 5.41) is 2.86. The molecule has 0 aliphatic carbocycles. The quantitative estimate of drug-likeness (QED) is 0.841. The number of rotatable bonds is 4. The molecule has 0 saturated carbocycles. The molecule has 3 rings (SSSR count). The van der Waals surface area contributed by atoms with Gasteiger partial charge in [0, 0.05) is 19.1 Å². The highest BCUT2D eigenvalue weighted by molar-refractivity contribution is 9.10. The Labute approximate surface area is 154 Å². The van der Waals surface area contributed by atoms with E-state index in [1.165, 1.54) is 0 Å². The van der Waals surface area contributed by atoms with E-state index in [9.17, 15) is 9.59 Å². The van der Waals surface area contributed by atoms with Crippen LogP contribution < -0.4 is 5.32 Å². The van der Waals surface area contributed by atoms with E-state index in [1.807, 2.05) is 30.3 Å². The molecule has 6 nitrogen and oxygen atoms in total. The predicted molar refractivity (Wildman–Crippen MR) is 95.1 cm³/mol. The molecule has 7 heteroatoms. The van der Waals surface area contributed by atoms with Crippen LogP contribution in [0.15, 0.2) is 51.6 Å². The molecule has 1 aliphatic heterocycles. The molecule has 1 N–H and O–H groups in total. The normalized spacial score (nSPS) is 15.0. The van der Waals surface area contributed by atoms with Gasteiger partial charge in [-0.1, -0.05) is 30.3 Å². The summed E-state index contributed by atoms with van der Waals surface area (Å²) in [4.78, 5) is 25.9. The summed E-state index contributed by atoms with van der Waals surface area (Å²) >= 11 is 3.19. The topological polar surface area (TPSA) is 71.8 Å². The molecule has 0 bridgehead atoms. The number of amides is 2. The maximum absolute atomic E-state index is 12.3. The highest BCUT2D eigenvalue weighted by Gasteiger charge is 2.26. The van der Waals surface area contributed by atoms with Gasteiger partial charge in [0.05, 0.1) is 0 Å². The third-order valence-corrected chi connectivity index (χ3v) is 4.53. The van der Waals surface area contributed by atoms with Gasteiger partial charge in [-0.2, -0.15) is 0 Å². The minimum absolute atomic E-state index is 0.00987. The van der Waals surface area contributed by atoms with Crippen molar-refractivity contribution in [2.75, 3.05) is 13.1 Å². The van der Waals surface area contributed by atoms with Crippen LogP contribution in [0.25, 0.3) is 0 Å². The number of nitrogens with one attached hydrogen (secondary N) is 1. The van der Waals surface area contributed by atoms with Crippen molar-refractivity contribution in [1.29, 1.82) is 0 Å². The van der Waals surface area contributed by atoms with Crippen LogP contribution >= 0.6 is 15.9 Å². The summed E-state index contributed by atoms with van der Waals surface area (Å²) in [5.74, 6) is 0.191. The monoisotopic (exact) mass is 406 g/mol. The second kappa shape index (κ2) is 8.20. The van der Waals surface area contributed by atoms with E-state index in [-0.39, 0.29) is 18.6 Å². The second-order valence-electron chi connectivity index (χ2n) is 5.88. The molecule has 0 unspecified atom stereocenters. The maximum Gasteiger partial charge on any atom is 0.407 e. The number of halogens is 1. The first-order valence-electron chi connectivity index (χ1n) is 8.13. The van der Waals surface area contributed by atoms with Crippen LogP contribution in [0.5, 0.6) is 0 Å². The Morgan fingerprint density at radius 2 is 1.88 bits per heavy atom. The van der Waals surface area contributed by atoms with Crippen LogP contribution in [0.2, 0.25) is 0 Å². The van der Waals surface area contributed by atoms with Crippen molar-refractivity contribution in [3.8, 4) is 0 Å². The standard InChI is InChI=1S/C18H19BrN2O4/c19-16-7-6-15(25-16)17(22)21-10-8-14(9-11-21)20-18(23)24-12-13-4-2-1-3-5-13/h1-7,14H,8-12H2,(H,20,23). The average molecular weight is 407 g/mol. The van der Waals surface area contributed by atoms with Crippen molar-refractivity contribution in [3.05, 3.63) is 58.5 Å². The zero-order chi connectivity index (χ0) is 17.6. The Morgan fingerprint density at radius 1 is 1.16 bits per heavy atom. The molecule has 132 valence electrons. The molecule has 25 heavy (non-hydrogen) atoms. The highest BCUT2D eigenvalue weighted by atomic mass is 79.9. The molecule has 1 aromatic heterocycles. The molecular weight excluding hydrogens is 388 g/mol. The minimum atomic E-state index is -0.427. The molecule has 0 spiro atoms. The predicted octanol–water partition coefficient (Wildman–Crippen LogP) is 3.57. The smallest absolute Gasteiger partial charge is 0.407 e. The lowest BCUT2D eigenvalue weighted by Crippen LogP contribution is -2.46. The molecule has 1 fully saturated rings. The highest BCUT2D eigenvalue weighted by Crippen LogP contribution is 2.18. The molecule has 1 saturated heterocycles. The van der Waals surface area contributed by atoms with E-state index in [2.05, 4.69) is 21.2 Å². The molecule has 0 atom stereocenters. The van der Waals surface area contributed by atoms with E-state index >= 15 is 0 Å². The third-order valence-electron chi connectivity index (χ3n) is 4.10. The van der Waals surface area contributed by atoms with Crippen molar-refractivity contribution < 1.29 is 18.7 Å². The summed E-state index contributed by atoms with van der Waals surface area (Å²) in [5.41, 5.74) is 0.947. The van der Waals surface area contributed by atoms with Gasteiger partial charge >= 0.3 is 6.09 Å². The van der Waals surface area contributed by atoms with Crippen LogP contribution in [0.3, 0.4) is 0 Å². The minimum Gasteiger partial charge on any atom is -0.445 e. The van der Waals surface area contributed by atoms with Gasteiger partial charge in [-0.15, -0.1) is 0 Å². The van der Waals surface area contributed by atoms with Crippen LogP contribution in [-0.2, 0) is 11.3 Å². The fourth-order valence-corrected chi connectivity index (χ4v) is 3.05. The van der Waals surface area contributed by atoms with Gasteiger partial charge < -0.3 is 19.4 Å². The number of benzene rings is 1. The number of hydrogen-bond donors (Lipinski definition) is 1. The zero-order valence-electron chi connectivity index (χ0n) is 13.6. The summed E-state index contributed by atoms with van der Waals surface area (Å²) in [6, 6.07) is 12.9. The van der Waals surface area contributed by atoms with Gasteiger partial charge in [0.25, 0.3) is 5.91 Å². The molecule has 1 aliphatic rings. The number of hydrogen-bond acceptors (Lipinski definition) is 4. The van der Waals surface area contributed by atoms with E-state index in [4.69, 9.17) is 9.15 Å². The number of piperidine rings is 1. The summed E-state index contributed by atoms with van der Waals surface area (Å²) < 4.78 is 11.1. The van der Waals surface area contributed by atoms with E-state index in [1.54, 1.807) is 17.0 Å². The van der Waals surface area contributed by atoms with Crippen molar-refractivity contribution in [3.63, 3.8) is 0 Å². The number of likely N-dealkylation sites (tertiary alicyclic amines) is 1. The van der Waals surface area contributed by atoms with Crippen LogP contribution in [0.1, 0.15) is 29.0 Å². The fourth-order valence-electron chi connectivity index (χ4n) is 2.74. The number of furan rings is 1. The van der Waals surface area contributed by atoms with Crippen molar-refractivity contribution in [2.24, 2.45) is 0 Å². The van der Waals surface area contributed by atoms with E-state index < -0.39 is 6.09 Å². The Kier molecular flexibility index (Phi) is 5.75. The molecule has 2 amide bonds. The fraction of sp³-hybridized carbons (Fsp3) is 0.333. The summed E-state index contributed by atoms with van der Waals surface area (Å²) in [6.45, 7) is 1.39. The van der Waals surface area contributed by atoms with Gasteiger partial charge in [0.2, 0.25) is 0 Å². The van der Waals surface area contributed by atoms with Crippen molar-refractivity contribution in [1.82, 2.24) is 10.2 Å². The number of carbonyl (C=O) groups excluding carboxylic acids is 2. The molecule has 1 aromatic carbocycles. The zero-order valence-corrected chi connectivity index (χ0v) is 15.2. The number of carbonyl (C=O) groups is 2. The van der Waals surface area contributed by atoms with Crippen LogP contribution in [-0.4, -0.2) is 36.0 Å². The van der Waals surface area contributed by atoms with Crippen LogP contribution in [0.4, 0.5) is 4.79 Å². The lowest BCUT2D eigenvalue weighted by atomic mass is 10.1. The molecular formula is C18H19BrN2O4. The lowest BCUT2D eigenvalue weighted by molar-refractivity contribution is 0.0667. The van der Waals surface area contributed by atoms with Gasteiger partial charge in [-0.05, 0) is 46.5 Å². The number of alkyl carbamates (subject to hydrolysis) is 1. The lowest BCUT2D eigenvalue weighted by Gasteiger charge is -2.31. The first-order chi connectivity index (χ1) is 12.1. The molecule has 2 heterocycles. The van der Waals surface area contributed by atoms with Crippen molar-refractivity contribution in [2.45, 2.75) is 25.5 Å². The first-order valence-corrected chi connectivity index (χ1v) is 8.93. The van der Waals surface area contributed by atoms with Gasteiger partial charge in [-0.3, -0.25) is 4.79 Å². The van der Waals surface area contributed by atoms with Crippen molar-refractivity contribution >= 4 is 27.9 Å². The third kappa shape index (κ3) is 4.85. The number of nitrogens with zero attached hydrogens (tertiary/aromatic N) is 1. The second-order valence-corrected chi connectivity index (χ2v) is 6.66. The number of ether oxygens (including phenoxy) is 1. The van der Waals surface area contributed by atoms with E-state index in [0.717, 1.165) is 5.56 Å². The Morgan fingerprint density at radius 3 is 2.52 bits per heavy atom. The largest absolute Gasteiger partial charge is 0.445 e. The van der Waals surface area contributed by atoms with Gasteiger partial charge in [0.1, 0.15) is 6.61 Å². The maximum atomic E-state index is 12.3. The molecule has 0 radical (unpaired) electrons. The first kappa shape index (κ1) is 17.5. The summed E-state index contributed by atoms with van der Waals surface area (Å²) in [6.07, 6.45) is 0.950.